The summed E-state index contributed by atoms with van der Waals surface area (Å²) in [7, 11) is -5.26. The third-order valence-electron chi connectivity index (χ3n) is 6.08. The minimum absolute atomic E-state index is 0. The maximum atomic E-state index is 13.6. The fourth-order valence-corrected chi connectivity index (χ4v) is 5.08. The third kappa shape index (κ3) is 7.22. The van der Waals surface area contributed by atoms with Crippen LogP contribution in [0.2, 0.25) is 5.02 Å². The normalized spacial score (nSPS) is 15.3. The number of amides is 2. The van der Waals surface area contributed by atoms with Gasteiger partial charge in [0, 0.05) is 39.6 Å². The summed E-state index contributed by atoms with van der Waals surface area (Å²) < 4.78 is 16.1. The van der Waals surface area contributed by atoms with Crippen molar-refractivity contribution in [2.45, 2.75) is 32.8 Å². The number of rotatable bonds is 5. The van der Waals surface area contributed by atoms with E-state index < -0.39 is 13.9 Å². The van der Waals surface area contributed by atoms with Crippen LogP contribution in [-0.2, 0) is 9.09 Å². The predicted octanol–water partition coefficient (Wildman–Crippen LogP) is 4.16. The average Bonchev–Trinajstić information content (AvgIpc) is 2.97. The van der Waals surface area contributed by atoms with Crippen molar-refractivity contribution in [1.29, 1.82) is 0 Å². The Balaban J connectivity index is 0.00000380. The number of fused-ring (bicyclic) bond motifs is 1. The van der Waals surface area contributed by atoms with Crippen LogP contribution in [0.3, 0.4) is 0 Å². The van der Waals surface area contributed by atoms with Crippen molar-refractivity contribution in [1.82, 2.24) is 0 Å². The molecule has 3 aromatic rings. The molecule has 0 fully saturated rings. The molecular formula is C26H24CaClN2O6P. The van der Waals surface area contributed by atoms with Crippen molar-refractivity contribution in [3.8, 4) is 0 Å². The van der Waals surface area contributed by atoms with E-state index >= 15 is 0 Å². The first-order valence-corrected chi connectivity index (χ1v) is 13.2. The smallest absolute Gasteiger partial charge is 0.790 e. The number of nitrogens with zero attached hydrogens (tertiary/aromatic N) is 1. The summed E-state index contributed by atoms with van der Waals surface area (Å²) in [4.78, 5) is 50.4. The number of benzene rings is 3. The van der Waals surface area contributed by atoms with Crippen LogP contribution in [0.15, 0.2) is 60.7 Å². The van der Waals surface area contributed by atoms with E-state index in [0.29, 0.717) is 51.6 Å². The second-order valence-corrected chi connectivity index (χ2v) is 10.2. The van der Waals surface area contributed by atoms with Gasteiger partial charge in [-0.1, -0.05) is 29.8 Å². The molecule has 0 bridgehead atoms. The zero-order valence-corrected chi connectivity index (χ0v) is 24.3. The number of nitrogens with one attached hydrogen (secondary N) is 1. The Bertz CT molecular complexity index is 1380. The fourth-order valence-electron chi connectivity index (χ4n) is 4.37. The molecule has 3 aromatic carbocycles. The minimum atomic E-state index is -5.26. The molecular weight excluding hydrogens is 543 g/mol. The maximum absolute atomic E-state index is 13.6. The number of phosphoric acid groups is 1. The van der Waals surface area contributed by atoms with Crippen LogP contribution in [-0.4, -0.2) is 56.1 Å². The number of aryl methyl sites for hydroxylation is 2. The number of phosphoric ester groups is 1. The molecule has 37 heavy (non-hydrogen) atoms. The zero-order valence-electron chi connectivity index (χ0n) is 20.4. The summed E-state index contributed by atoms with van der Waals surface area (Å²) in [5.74, 6) is -0.550. The van der Waals surface area contributed by atoms with Gasteiger partial charge in [-0.3, -0.25) is 9.59 Å². The van der Waals surface area contributed by atoms with E-state index in [0.717, 1.165) is 5.56 Å². The molecule has 8 nitrogen and oxygen atoms in total. The second kappa shape index (κ2) is 12.4. The Morgan fingerprint density at radius 1 is 1.03 bits per heavy atom. The van der Waals surface area contributed by atoms with Gasteiger partial charge in [-0.25, -0.2) is 0 Å². The van der Waals surface area contributed by atoms with Crippen molar-refractivity contribution in [2.75, 3.05) is 16.8 Å². The van der Waals surface area contributed by atoms with E-state index in [1.807, 2.05) is 19.1 Å². The van der Waals surface area contributed by atoms with E-state index in [1.165, 1.54) is 11.0 Å². The number of carbonyl (C=O) groups is 2. The van der Waals surface area contributed by atoms with Gasteiger partial charge >= 0.3 is 37.7 Å². The first-order chi connectivity index (χ1) is 17.0. The summed E-state index contributed by atoms with van der Waals surface area (Å²) in [6, 6.07) is 17.0. The van der Waals surface area contributed by atoms with Crippen LogP contribution in [0, 0.1) is 13.8 Å². The van der Waals surface area contributed by atoms with E-state index in [9.17, 15) is 23.9 Å². The summed E-state index contributed by atoms with van der Waals surface area (Å²) >= 11 is 6.13. The van der Waals surface area contributed by atoms with Crippen LogP contribution in [0.5, 0.6) is 0 Å². The summed E-state index contributed by atoms with van der Waals surface area (Å²) in [6.07, 6.45) is -0.390. The second-order valence-electron chi connectivity index (χ2n) is 8.64. The summed E-state index contributed by atoms with van der Waals surface area (Å²) in [5.41, 5.74) is 3.83. The van der Waals surface area contributed by atoms with E-state index in [2.05, 4.69) is 5.32 Å². The van der Waals surface area contributed by atoms with Crippen LogP contribution < -0.4 is 20.0 Å². The van der Waals surface area contributed by atoms with Gasteiger partial charge in [-0.15, -0.1) is 0 Å². The molecule has 188 valence electrons. The van der Waals surface area contributed by atoms with Gasteiger partial charge in [0.15, 0.2) is 0 Å². The molecule has 2 amide bonds. The topological polar surface area (TPSA) is 122 Å². The van der Waals surface area contributed by atoms with Crippen LogP contribution in [0.4, 0.5) is 11.4 Å². The standard InChI is InChI=1S/C26H26ClN2O6P.Ca/c1-16-6-3-4-7-20(16)25(30)28-19-10-11-21(17(2)14-19)26(31)29-13-5-8-24(35-36(32,33)34)22-15-18(27)9-12-23(22)29;/h3-4,6-7,9-12,14-15,24H,5,8,13H2,1-2H3,(H,28,30)(H2,32,33,34);/q;+2/p-2. The molecule has 0 saturated carbocycles. The monoisotopic (exact) mass is 566 g/mol. The first kappa shape index (κ1) is 29.8. The van der Waals surface area contributed by atoms with Crippen molar-refractivity contribution < 1.29 is 28.5 Å². The number of hydrogen-bond acceptors (Lipinski definition) is 6. The quantitative estimate of drug-likeness (QED) is 0.366. The Kier molecular flexibility index (Phi) is 10.00. The molecule has 1 atom stereocenters. The molecule has 11 heteroatoms. The molecule has 1 aliphatic rings. The number of hydrogen-bond donors (Lipinski definition) is 1. The van der Waals surface area contributed by atoms with Gasteiger partial charge < -0.3 is 29.1 Å². The molecule has 0 saturated heterocycles. The Hall–Kier alpha value is -1.74. The molecule has 1 N–H and O–H groups in total. The van der Waals surface area contributed by atoms with Crippen LogP contribution >= 0.6 is 19.4 Å². The van der Waals surface area contributed by atoms with Crippen LogP contribution in [0.25, 0.3) is 0 Å². The van der Waals surface area contributed by atoms with E-state index in [1.54, 1.807) is 49.4 Å². The maximum Gasteiger partial charge on any atom is 2.00 e. The molecule has 0 spiro atoms. The molecule has 1 heterocycles. The fraction of sp³-hybridized carbons (Fsp3) is 0.231. The van der Waals surface area contributed by atoms with Gasteiger partial charge in [-0.05, 0) is 80.3 Å². The average molecular weight is 567 g/mol. The zero-order chi connectivity index (χ0) is 26.0. The van der Waals surface area contributed by atoms with Gasteiger partial charge in [-0.2, -0.15) is 0 Å². The van der Waals surface area contributed by atoms with Gasteiger partial charge in [0.25, 0.3) is 11.8 Å². The predicted molar refractivity (Wildman–Crippen MR) is 140 cm³/mol. The molecule has 0 radical (unpaired) electrons. The van der Waals surface area contributed by atoms with E-state index in [-0.39, 0.29) is 56.0 Å². The SMILES string of the molecule is Cc1ccccc1C(=O)Nc1ccc(C(=O)N2CCCC(OP(=O)([O-])[O-])c3cc(Cl)ccc32)c(C)c1.[Ca+2]. The largest absolute Gasteiger partial charge is 2.00 e. The van der Waals surface area contributed by atoms with Crippen molar-refractivity contribution in [3.05, 3.63) is 93.5 Å². The summed E-state index contributed by atoms with van der Waals surface area (Å²) in [6.45, 7) is 3.92. The molecule has 4 rings (SSSR count). The molecule has 0 aliphatic carbocycles. The Labute approximate surface area is 250 Å². The number of halogens is 1. The first-order valence-electron chi connectivity index (χ1n) is 11.3. The molecule has 0 aromatic heterocycles. The van der Waals surface area contributed by atoms with Crippen molar-refractivity contribution >= 4 is 80.4 Å². The van der Waals surface area contributed by atoms with E-state index in [4.69, 9.17) is 16.1 Å². The van der Waals surface area contributed by atoms with Crippen LogP contribution in [0.1, 0.15) is 56.4 Å². The number of anilines is 2. The Morgan fingerprint density at radius 3 is 2.43 bits per heavy atom. The minimum Gasteiger partial charge on any atom is -0.790 e. The van der Waals surface area contributed by atoms with Crippen molar-refractivity contribution in [2.24, 2.45) is 0 Å². The number of carbonyl (C=O) groups excluding carboxylic acids is 2. The van der Waals surface area contributed by atoms with Crippen molar-refractivity contribution in [3.63, 3.8) is 0 Å². The Morgan fingerprint density at radius 2 is 1.76 bits per heavy atom. The third-order valence-corrected chi connectivity index (χ3v) is 6.83. The van der Waals surface area contributed by atoms with Gasteiger partial charge in [0.1, 0.15) is 0 Å². The van der Waals surface area contributed by atoms with Gasteiger partial charge in [0.05, 0.1) is 13.9 Å². The summed E-state index contributed by atoms with van der Waals surface area (Å²) in [5, 5.41) is 3.19. The van der Waals surface area contributed by atoms with Gasteiger partial charge in [0.2, 0.25) is 0 Å². The molecule has 1 aliphatic heterocycles. The molecule has 1 unspecified atom stereocenters.